The van der Waals surface area contributed by atoms with Crippen LogP contribution in [0.25, 0.3) is 0 Å². The van der Waals surface area contributed by atoms with E-state index in [1.807, 2.05) is 0 Å². The summed E-state index contributed by atoms with van der Waals surface area (Å²) in [5, 5.41) is 3.31. The van der Waals surface area contributed by atoms with Crippen molar-refractivity contribution in [2.45, 2.75) is 26.7 Å². The highest BCUT2D eigenvalue weighted by molar-refractivity contribution is 5.21. The summed E-state index contributed by atoms with van der Waals surface area (Å²) in [7, 11) is 0. The van der Waals surface area contributed by atoms with E-state index in [2.05, 4.69) is 25.7 Å². The van der Waals surface area contributed by atoms with Crippen LogP contribution >= 0.6 is 0 Å². The van der Waals surface area contributed by atoms with Gasteiger partial charge < -0.3 is 4.84 Å². The first-order chi connectivity index (χ1) is 4.31. The van der Waals surface area contributed by atoms with Crippen molar-refractivity contribution in [2.75, 3.05) is 6.61 Å². The number of rotatable bonds is 5. The maximum atomic E-state index is 4.76. The Morgan fingerprint density at radius 3 is 2.78 bits per heavy atom. The Kier molecular flexibility index (Phi) is 5.27. The van der Waals surface area contributed by atoms with Gasteiger partial charge in [0.15, 0.2) is 0 Å². The monoisotopic (exact) mass is 129 g/mol. The van der Waals surface area contributed by atoms with Crippen molar-refractivity contribution in [3.05, 3.63) is 0 Å². The Balaban J connectivity index is 3.04. The fourth-order valence-corrected chi connectivity index (χ4v) is 0.756. The molecule has 0 aliphatic rings. The molecule has 2 heteroatoms. The van der Waals surface area contributed by atoms with Gasteiger partial charge in [-0.1, -0.05) is 20.3 Å². The molecule has 0 bridgehead atoms. The molecule has 0 saturated heterocycles. The molecule has 0 aliphatic carbocycles. The number of oxime groups is 1. The molecule has 0 aromatic heterocycles. The van der Waals surface area contributed by atoms with Gasteiger partial charge in [-0.15, -0.1) is 5.16 Å². The van der Waals surface area contributed by atoms with Crippen LogP contribution in [0.3, 0.4) is 0 Å². The van der Waals surface area contributed by atoms with Crippen LogP contribution in [0.1, 0.15) is 26.7 Å². The van der Waals surface area contributed by atoms with Gasteiger partial charge in [-0.25, -0.2) is 0 Å². The predicted molar refractivity (Wildman–Crippen MR) is 39.6 cm³/mol. The highest BCUT2D eigenvalue weighted by Gasteiger charge is 1.98. The molecule has 0 heterocycles. The van der Waals surface area contributed by atoms with E-state index >= 15 is 0 Å². The molecule has 9 heavy (non-hydrogen) atoms. The van der Waals surface area contributed by atoms with Crippen LogP contribution < -0.4 is 0 Å². The van der Waals surface area contributed by atoms with Crippen LogP contribution in [0.5, 0.6) is 0 Å². The van der Waals surface area contributed by atoms with Gasteiger partial charge in [-0.2, -0.15) is 0 Å². The molecule has 1 atom stereocenters. The molecule has 0 rings (SSSR count). The second kappa shape index (κ2) is 5.60. The molecule has 0 amide bonds. The van der Waals surface area contributed by atoms with E-state index in [1.165, 1.54) is 12.8 Å². The van der Waals surface area contributed by atoms with Gasteiger partial charge in [-0.05, 0) is 12.3 Å². The van der Waals surface area contributed by atoms with Gasteiger partial charge in [0.25, 0.3) is 0 Å². The maximum absolute atomic E-state index is 4.76. The number of hydrogen-bond acceptors (Lipinski definition) is 2. The van der Waals surface area contributed by atoms with E-state index in [4.69, 9.17) is 4.84 Å². The molecule has 0 N–H and O–H groups in total. The average molecular weight is 129 g/mol. The van der Waals surface area contributed by atoms with Crippen LogP contribution in [0.15, 0.2) is 5.16 Å². The summed E-state index contributed by atoms with van der Waals surface area (Å²) in [5.41, 5.74) is 0. The highest BCUT2D eigenvalue weighted by Crippen LogP contribution is 2.04. The Hall–Kier alpha value is -0.530. The summed E-state index contributed by atoms with van der Waals surface area (Å²) in [4.78, 5) is 4.76. The minimum atomic E-state index is 0.612. The first-order valence-electron chi connectivity index (χ1n) is 3.39. The molecule has 0 fully saturated rings. The Morgan fingerprint density at radius 2 is 2.33 bits per heavy atom. The molecule has 0 aromatic rings. The zero-order valence-electron chi connectivity index (χ0n) is 6.26. The lowest BCUT2D eigenvalue weighted by Crippen LogP contribution is -2.01. The SMILES string of the molecule is C=NOCC(C)CCC. The van der Waals surface area contributed by atoms with Crippen LogP contribution in [-0.2, 0) is 4.84 Å². The van der Waals surface area contributed by atoms with E-state index in [-0.39, 0.29) is 0 Å². The second-order valence-electron chi connectivity index (χ2n) is 2.32. The number of nitrogens with zero attached hydrogens (tertiary/aromatic N) is 1. The van der Waals surface area contributed by atoms with E-state index in [9.17, 15) is 0 Å². The third kappa shape index (κ3) is 5.34. The second-order valence-corrected chi connectivity index (χ2v) is 2.32. The van der Waals surface area contributed by atoms with E-state index in [0.29, 0.717) is 12.5 Å². The van der Waals surface area contributed by atoms with Crippen molar-refractivity contribution >= 4 is 6.72 Å². The van der Waals surface area contributed by atoms with E-state index < -0.39 is 0 Å². The molecular formula is C7H15NO. The highest BCUT2D eigenvalue weighted by atomic mass is 16.6. The van der Waals surface area contributed by atoms with Crippen molar-refractivity contribution in [3.8, 4) is 0 Å². The summed E-state index contributed by atoms with van der Waals surface area (Å²) < 4.78 is 0. The average Bonchev–Trinajstić information content (AvgIpc) is 1.85. The first-order valence-corrected chi connectivity index (χ1v) is 3.39. The smallest absolute Gasteiger partial charge is 0.119 e. The molecule has 0 aliphatic heterocycles. The summed E-state index contributed by atoms with van der Waals surface area (Å²) in [6, 6.07) is 0. The lowest BCUT2D eigenvalue weighted by molar-refractivity contribution is 0.112. The molecule has 2 nitrogen and oxygen atoms in total. The standard InChI is InChI=1S/C7H15NO/c1-4-5-7(2)6-9-8-3/h7H,3-6H2,1-2H3. The van der Waals surface area contributed by atoms with Crippen LogP contribution in [0, 0.1) is 5.92 Å². The molecule has 0 spiro atoms. The molecule has 0 radical (unpaired) electrons. The van der Waals surface area contributed by atoms with Crippen LogP contribution in [-0.4, -0.2) is 13.3 Å². The fourth-order valence-electron chi connectivity index (χ4n) is 0.756. The Bertz CT molecular complexity index is 73.3. The quantitative estimate of drug-likeness (QED) is 0.411. The van der Waals surface area contributed by atoms with Gasteiger partial charge in [0, 0.05) is 6.72 Å². The molecule has 0 saturated carbocycles. The van der Waals surface area contributed by atoms with Crippen molar-refractivity contribution in [1.29, 1.82) is 0 Å². The summed E-state index contributed by atoms with van der Waals surface area (Å²) in [6.45, 7) is 8.24. The van der Waals surface area contributed by atoms with Crippen molar-refractivity contribution in [1.82, 2.24) is 0 Å². The van der Waals surface area contributed by atoms with Gasteiger partial charge >= 0.3 is 0 Å². The van der Waals surface area contributed by atoms with Crippen molar-refractivity contribution in [2.24, 2.45) is 11.1 Å². The van der Waals surface area contributed by atoms with Crippen LogP contribution in [0.2, 0.25) is 0 Å². The first kappa shape index (κ1) is 8.47. The molecule has 54 valence electrons. The summed E-state index contributed by atoms with van der Waals surface area (Å²) in [5.74, 6) is 0.612. The third-order valence-corrected chi connectivity index (χ3v) is 1.23. The predicted octanol–water partition coefficient (Wildman–Crippen LogP) is 2.05. The molecule has 0 aromatic carbocycles. The van der Waals surface area contributed by atoms with Crippen molar-refractivity contribution in [3.63, 3.8) is 0 Å². The normalized spacial score (nSPS) is 12.7. The largest absolute Gasteiger partial charge is 0.396 e. The van der Waals surface area contributed by atoms with E-state index in [0.717, 1.165) is 0 Å². The maximum Gasteiger partial charge on any atom is 0.119 e. The van der Waals surface area contributed by atoms with Crippen LogP contribution in [0.4, 0.5) is 0 Å². The zero-order valence-corrected chi connectivity index (χ0v) is 6.26. The van der Waals surface area contributed by atoms with Gasteiger partial charge in [0.2, 0.25) is 0 Å². The van der Waals surface area contributed by atoms with E-state index in [1.54, 1.807) is 0 Å². The van der Waals surface area contributed by atoms with Gasteiger partial charge in [0.05, 0.1) is 0 Å². The van der Waals surface area contributed by atoms with Gasteiger partial charge in [-0.3, -0.25) is 0 Å². The van der Waals surface area contributed by atoms with Crippen molar-refractivity contribution < 1.29 is 4.84 Å². The zero-order chi connectivity index (χ0) is 7.11. The molecule has 1 unspecified atom stereocenters. The minimum absolute atomic E-state index is 0.612. The summed E-state index contributed by atoms with van der Waals surface area (Å²) in [6.07, 6.45) is 2.41. The minimum Gasteiger partial charge on any atom is -0.396 e. The fraction of sp³-hybridized carbons (Fsp3) is 0.857. The summed E-state index contributed by atoms with van der Waals surface area (Å²) >= 11 is 0. The number of hydrogen-bond donors (Lipinski definition) is 0. The Morgan fingerprint density at radius 1 is 1.67 bits per heavy atom. The lowest BCUT2D eigenvalue weighted by Gasteiger charge is -2.06. The molecular weight excluding hydrogens is 114 g/mol. The van der Waals surface area contributed by atoms with Gasteiger partial charge in [0.1, 0.15) is 6.61 Å². The third-order valence-electron chi connectivity index (χ3n) is 1.23. The topological polar surface area (TPSA) is 21.6 Å². The lowest BCUT2D eigenvalue weighted by atomic mass is 10.1. The Labute approximate surface area is 56.9 Å².